The predicted octanol–water partition coefficient (Wildman–Crippen LogP) is 5.77. The first-order chi connectivity index (χ1) is 13.1. The maximum absolute atomic E-state index is 12.4. The van der Waals surface area contributed by atoms with Gasteiger partial charge in [0.2, 0.25) is 0 Å². The molecule has 0 amide bonds. The van der Waals surface area contributed by atoms with Gasteiger partial charge in [0, 0.05) is 12.8 Å². The zero-order valence-electron chi connectivity index (χ0n) is 18.2. The lowest BCUT2D eigenvalue weighted by atomic mass is 9.96. The van der Waals surface area contributed by atoms with Gasteiger partial charge in [0.05, 0.1) is 12.2 Å². The van der Waals surface area contributed by atoms with Crippen molar-refractivity contribution >= 4 is 14.3 Å². The number of cyclic esters (lactones) is 1. The lowest BCUT2D eigenvalue weighted by molar-refractivity contribution is -0.152. The van der Waals surface area contributed by atoms with Crippen LogP contribution in [0.5, 0.6) is 0 Å². The normalized spacial score (nSPS) is 26.1. The molecule has 5 heteroatoms. The Labute approximate surface area is 171 Å². The van der Waals surface area contributed by atoms with Crippen LogP contribution < -0.4 is 0 Å². The molecule has 0 unspecified atom stereocenters. The Kier molecular flexibility index (Phi) is 8.28. The highest BCUT2D eigenvalue weighted by molar-refractivity contribution is 6.74. The summed E-state index contributed by atoms with van der Waals surface area (Å²) >= 11 is 0. The molecule has 1 saturated heterocycles. The van der Waals surface area contributed by atoms with Crippen LogP contribution in [0.1, 0.15) is 77.4 Å². The van der Waals surface area contributed by atoms with Crippen LogP contribution in [0.15, 0.2) is 30.3 Å². The predicted molar refractivity (Wildman–Crippen MR) is 116 cm³/mol. The van der Waals surface area contributed by atoms with Crippen molar-refractivity contribution in [2.24, 2.45) is 0 Å². The number of esters is 1. The standard InChI is InChI=1S/C23H38O4Si/c1-23(2,3)28(4,5)27-21-17-20(18-13-9-8-10-14-18)26-22(25)16-12-7-6-11-15-19(21)24/h8-10,13-14,19-21,24H,6-7,11-12,15-17H2,1-5H3/t19-,20-,21-/m1/s1. The van der Waals surface area contributed by atoms with E-state index >= 15 is 0 Å². The van der Waals surface area contributed by atoms with Crippen LogP contribution in [-0.2, 0) is 14.0 Å². The van der Waals surface area contributed by atoms with Gasteiger partial charge >= 0.3 is 5.97 Å². The molecule has 158 valence electrons. The van der Waals surface area contributed by atoms with Gasteiger partial charge in [-0.15, -0.1) is 0 Å². The van der Waals surface area contributed by atoms with E-state index in [-0.39, 0.29) is 17.1 Å². The molecule has 1 aliphatic heterocycles. The SMILES string of the molecule is CC(C)(C)[Si](C)(C)O[C@@H]1C[C@H](c2ccccc2)OC(=O)CCCCCC[C@H]1O. The van der Waals surface area contributed by atoms with Gasteiger partial charge in [0.1, 0.15) is 6.10 Å². The van der Waals surface area contributed by atoms with Crippen LogP contribution in [0.25, 0.3) is 0 Å². The molecule has 0 aliphatic carbocycles. The lowest BCUT2D eigenvalue weighted by Crippen LogP contribution is -2.47. The first-order valence-electron chi connectivity index (χ1n) is 10.7. The first kappa shape index (κ1) is 23.1. The van der Waals surface area contributed by atoms with E-state index in [1.807, 2.05) is 30.3 Å². The molecule has 1 fully saturated rings. The van der Waals surface area contributed by atoms with Crippen molar-refractivity contribution in [2.75, 3.05) is 0 Å². The van der Waals surface area contributed by atoms with E-state index < -0.39 is 20.5 Å². The second kappa shape index (κ2) is 10.0. The Morgan fingerprint density at radius 3 is 2.36 bits per heavy atom. The Balaban J connectivity index is 2.29. The van der Waals surface area contributed by atoms with E-state index in [2.05, 4.69) is 33.9 Å². The number of aliphatic hydroxyl groups is 1. The number of carbonyl (C=O) groups is 1. The summed E-state index contributed by atoms with van der Waals surface area (Å²) in [5, 5.41) is 11.0. The quantitative estimate of drug-likeness (QED) is 0.512. The molecule has 0 radical (unpaired) electrons. The number of aliphatic hydroxyl groups excluding tert-OH is 1. The minimum Gasteiger partial charge on any atom is -0.457 e. The third-order valence-electron chi connectivity index (χ3n) is 6.20. The molecule has 2 rings (SSSR count). The van der Waals surface area contributed by atoms with Gasteiger partial charge in [-0.2, -0.15) is 0 Å². The fourth-order valence-electron chi connectivity index (χ4n) is 3.35. The summed E-state index contributed by atoms with van der Waals surface area (Å²) in [5.74, 6) is -0.157. The van der Waals surface area contributed by atoms with Crippen LogP contribution in [0.2, 0.25) is 18.1 Å². The van der Waals surface area contributed by atoms with Gasteiger partial charge in [-0.3, -0.25) is 4.79 Å². The van der Waals surface area contributed by atoms with Crippen molar-refractivity contribution in [1.82, 2.24) is 0 Å². The van der Waals surface area contributed by atoms with Crippen molar-refractivity contribution in [2.45, 2.75) is 102 Å². The minimum absolute atomic E-state index is 0.0509. The molecule has 0 bridgehead atoms. The molecule has 1 N–H and O–H groups in total. The first-order valence-corrected chi connectivity index (χ1v) is 13.6. The number of ether oxygens (including phenoxy) is 1. The van der Waals surface area contributed by atoms with E-state index in [1.165, 1.54) is 0 Å². The summed E-state index contributed by atoms with van der Waals surface area (Å²) in [7, 11) is -2.07. The highest BCUT2D eigenvalue weighted by Crippen LogP contribution is 2.39. The van der Waals surface area contributed by atoms with Gasteiger partial charge in [0.15, 0.2) is 8.32 Å². The van der Waals surface area contributed by atoms with Crippen molar-refractivity contribution in [3.63, 3.8) is 0 Å². The van der Waals surface area contributed by atoms with E-state index in [0.717, 1.165) is 37.7 Å². The van der Waals surface area contributed by atoms with Crippen molar-refractivity contribution in [3.05, 3.63) is 35.9 Å². The molecular formula is C23H38O4Si. The molecular weight excluding hydrogens is 368 g/mol. The van der Waals surface area contributed by atoms with Gasteiger partial charge in [-0.05, 0) is 36.5 Å². The van der Waals surface area contributed by atoms with Gasteiger partial charge in [0.25, 0.3) is 0 Å². The van der Waals surface area contributed by atoms with E-state index in [1.54, 1.807) is 0 Å². The molecule has 1 aliphatic rings. The molecule has 3 atom stereocenters. The Bertz CT molecular complexity index is 609. The van der Waals surface area contributed by atoms with E-state index in [9.17, 15) is 9.90 Å². The largest absolute Gasteiger partial charge is 0.457 e. The summed E-state index contributed by atoms with van der Waals surface area (Å²) in [5.41, 5.74) is 0.962. The van der Waals surface area contributed by atoms with Gasteiger partial charge in [-0.25, -0.2) is 0 Å². The third-order valence-corrected chi connectivity index (χ3v) is 10.7. The number of hydrogen-bond donors (Lipinski definition) is 1. The monoisotopic (exact) mass is 406 g/mol. The number of carbonyl (C=O) groups excluding carboxylic acids is 1. The molecule has 0 aromatic heterocycles. The van der Waals surface area contributed by atoms with Crippen LogP contribution >= 0.6 is 0 Å². The average molecular weight is 407 g/mol. The Hall–Kier alpha value is -1.17. The summed E-state index contributed by atoms with van der Waals surface area (Å²) in [6.07, 6.45) is 4.24. The third kappa shape index (κ3) is 6.71. The smallest absolute Gasteiger partial charge is 0.306 e. The van der Waals surface area contributed by atoms with E-state index in [0.29, 0.717) is 12.8 Å². The summed E-state index contributed by atoms with van der Waals surface area (Å²) in [4.78, 5) is 12.4. The number of benzene rings is 1. The molecule has 1 aromatic rings. The zero-order valence-corrected chi connectivity index (χ0v) is 19.2. The number of hydrogen-bond acceptors (Lipinski definition) is 4. The fraction of sp³-hybridized carbons (Fsp3) is 0.696. The Morgan fingerprint density at radius 2 is 1.71 bits per heavy atom. The average Bonchev–Trinajstić information content (AvgIpc) is 2.61. The second-order valence-electron chi connectivity index (χ2n) is 9.56. The van der Waals surface area contributed by atoms with Crippen LogP contribution in [0.3, 0.4) is 0 Å². The summed E-state index contributed by atoms with van der Waals surface area (Å²) < 4.78 is 12.5. The zero-order chi connectivity index (χ0) is 20.8. The summed E-state index contributed by atoms with van der Waals surface area (Å²) in [6.45, 7) is 11.0. The molecule has 1 heterocycles. The molecule has 0 saturated carbocycles. The lowest BCUT2D eigenvalue weighted by Gasteiger charge is -2.41. The minimum atomic E-state index is -2.07. The van der Waals surface area contributed by atoms with Crippen molar-refractivity contribution in [1.29, 1.82) is 0 Å². The van der Waals surface area contributed by atoms with E-state index in [4.69, 9.17) is 9.16 Å². The molecule has 0 spiro atoms. The molecule has 4 nitrogen and oxygen atoms in total. The van der Waals surface area contributed by atoms with Crippen molar-refractivity contribution in [3.8, 4) is 0 Å². The topological polar surface area (TPSA) is 55.8 Å². The number of rotatable bonds is 3. The maximum Gasteiger partial charge on any atom is 0.306 e. The fourth-order valence-corrected chi connectivity index (χ4v) is 4.71. The van der Waals surface area contributed by atoms with Crippen LogP contribution in [-0.4, -0.2) is 31.6 Å². The second-order valence-corrected chi connectivity index (χ2v) is 14.3. The summed E-state index contributed by atoms with van der Waals surface area (Å²) in [6, 6.07) is 9.84. The molecule has 1 aromatic carbocycles. The van der Waals surface area contributed by atoms with Crippen molar-refractivity contribution < 1.29 is 19.1 Å². The highest BCUT2D eigenvalue weighted by Gasteiger charge is 2.41. The van der Waals surface area contributed by atoms with Gasteiger partial charge in [-0.1, -0.05) is 70.4 Å². The maximum atomic E-state index is 12.4. The van der Waals surface area contributed by atoms with Gasteiger partial charge < -0.3 is 14.3 Å². The Morgan fingerprint density at radius 1 is 1.07 bits per heavy atom. The highest BCUT2D eigenvalue weighted by atomic mass is 28.4. The molecule has 28 heavy (non-hydrogen) atoms. The van der Waals surface area contributed by atoms with Crippen LogP contribution in [0, 0.1) is 0 Å². The van der Waals surface area contributed by atoms with Crippen LogP contribution in [0.4, 0.5) is 0 Å².